The van der Waals surface area contributed by atoms with Crippen LogP contribution in [0, 0.1) is 0 Å². The standard InChI is InChI=1S/C21H20BrNO4/c1-4-25-20(24)21(2,3)27-17-10-8-16(9-11-17)26-19-12-6-14-5-7-15(22)13-18(14)23-19/h5-13H,4H2,1-3H3. The molecule has 3 aromatic rings. The van der Waals surface area contributed by atoms with E-state index >= 15 is 0 Å². The van der Waals surface area contributed by atoms with Crippen molar-refractivity contribution in [2.24, 2.45) is 0 Å². The number of hydrogen-bond donors (Lipinski definition) is 0. The van der Waals surface area contributed by atoms with Crippen LogP contribution in [-0.4, -0.2) is 23.2 Å². The molecule has 0 unspecified atom stereocenters. The van der Waals surface area contributed by atoms with Gasteiger partial charge in [0.25, 0.3) is 0 Å². The van der Waals surface area contributed by atoms with Gasteiger partial charge in [-0.3, -0.25) is 0 Å². The van der Waals surface area contributed by atoms with E-state index in [1.165, 1.54) is 0 Å². The quantitative estimate of drug-likeness (QED) is 0.483. The summed E-state index contributed by atoms with van der Waals surface area (Å²) < 4.78 is 17.6. The molecule has 140 valence electrons. The molecule has 0 N–H and O–H groups in total. The molecule has 2 aromatic carbocycles. The molecule has 1 aromatic heterocycles. The van der Waals surface area contributed by atoms with Gasteiger partial charge in [-0.2, -0.15) is 0 Å². The number of aromatic nitrogens is 1. The second-order valence-electron chi connectivity index (χ2n) is 6.39. The third kappa shape index (κ3) is 4.77. The van der Waals surface area contributed by atoms with Crippen LogP contribution in [0.25, 0.3) is 10.9 Å². The molecule has 0 radical (unpaired) electrons. The maximum absolute atomic E-state index is 11.9. The van der Waals surface area contributed by atoms with Gasteiger partial charge in [0.05, 0.1) is 12.1 Å². The Kier molecular flexibility index (Phi) is 5.65. The zero-order valence-corrected chi connectivity index (χ0v) is 16.9. The van der Waals surface area contributed by atoms with Crippen LogP contribution >= 0.6 is 15.9 Å². The lowest BCUT2D eigenvalue weighted by atomic mass is 10.1. The van der Waals surface area contributed by atoms with Crippen molar-refractivity contribution >= 4 is 32.8 Å². The lowest BCUT2D eigenvalue weighted by Crippen LogP contribution is -2.39. The first-order valence-electron chi connectivity index (χ1n) is 8.58. The van der Waals surface area contributed by atoms with Gasteiger partial charge in [0.15, 0.2) is 5.60 Å². The number of nitrogens with zero attached hydrogens (tertiary/aromatic N) is 1. The molecule has 0 saturated heterocycles. The molecular weight excluding hydrogens is 410 g/mol. The van der Waals surface area contributed by atoms with Gasteiger partial charge < -0.3 is 14.2 Å². The molecule has 0 aliphatic heterocycles. The van der Waals surface area contributed by atoms with Crippen LogP contribution < -0.4 is 9.47 Å². The largest absolute Gasteiger partial charge is 0.476 e. The van der Waals surface area contributed by atoms with Crippen molar-refractivity contribution < 1.29 is 19.0 Å². The fourth-order valence-electron chi connectivity index (χ4n) is 2.47. The van der Waals surface area contributed by atoms with Crippen molar-refractivity contribution in [3.05, 3.63) is 59.1 Å². The number of benzene rings is 2. The van der Waals surface area contributed by atoms with Crippen LogP contribution in [-0.2, 0) is 9.53 Å². The van der Waals surface area contributed by atoms with Gasteiger partial charge in [0, 0.05) is 15.9 Å². The zero-order chi connectivity index (χ0) is 19.4. The van der Waals surface area contributed by atoms with Crippen molar-refractivity contribution in [2.45, 2.75) is 26.4 Å². The monoisotopic (exact) mass is 429 g/mol. The molecule has 0 amide bonds. The van der Waals surface area contributed by atoms with Crippen LogP contribution in [0.2, 0.25) is 0 Å². The maximum Gasteiger partial charge on any atom is 0.349 e. The van der Waals surface area contributed by atoms with Gasteiger partial charge in [-0.15, -0.1) is 0 Å². The van der Waals surface area contributed by atoms with E-state index in [2.05, 4.69) is 20.9 Å². The van der Waals surface area contributed by atoms with Gasteiger partial charge in [-0.25, -0.2) is 9.78 Å². The average molecular weight is 430 g/mol. The molecule has 1 heterocycles. The molecule has 27 heavy (non-hydrogen) atoms. The van der Waals surface area contributed by atoms with Crippen molar-refractivity contribution in [1.29, 1.82) is 0 Å². The van der Waals surface area contributed by atoms with E-state index in [1.54, 1.807) is 45.0 Å². The number of carbonyl (C=O) groups is 1. The molecule has 0 bridgehead atoms. The number of halogens is 1. The highest BCUT2D eigenvalue weighted by atomic mass is 79.9. The van der Waals surface area contributed by atoms with Crippen LogP contribution in [0.3, 0.4) is 0 Å². The SMILES string of the molecule is CCOC(=O)C(C)(C)Oc1ccc(Oc2ccc3ccc(Br)cc3n2)cc1. The molecule has 5 nitrogen and oxygen atoms in total. The van der Waals surface area contributed by atoms with E-state index in [0.717, 1.165) is 15.4 Å². The number of pyridine rings is 1. The molecule has 0 fully saturated rings. The Hall–Kier alpha value is -2.60. The summed E-state index contributed by atoms with van der Waals surface area (Å²) in [6.07, 6.45) is 0. The maximum atomic E-state index is 11.9. The molecule has 6 heteroatoms. The number of rotatable bonds is 6. The molecule has 3 rings (SSSR count). The molecule has 0 aliphatic carbocycles. The third-order valence-corrected chi connectivity index (χ3v) is 4.31. The lowest BCUT2D eigenvalue weighted by molar-refractivity contribution is -0.158. The Morgan fingerprint density at radius 1 is 1.04 bits per heavy atom. The van der Waals surface area contributed by atoms with Gasteiger partial charge >= 0.3 is 5.97 Å². The fraction of sp³-hybridized carbons (Fsp3) is 0.238. The fourth-order valence-corrected chi connectivity index (χ4v) is 2.82. The summed E-state index contributed by atoms with van der Waals surface area (Å²) in [4.78, 5) is 16.4. The van der Waals surface area contributed by atoms with E-state index in [4.69, 9.17) is 14.2 Å². The molecular formula is C21H20BrNO4. The van der Waals surface area contributed by atoms with E-state index in [0.29, 0.717) is 24.0 Å². The van der Waals surface area contributed by atoms with Crippen molar-refractivity contribution in [3.8, 4) is 17.4 Å². The highest BCUT2D eigenvalue weighted by Gasteiger charge is 2.31. The Morgan fingerprint density at radius 3 is 2.41 bits per heavy atom. The van der Waals surface area contributed by atoms with E-state index in [1.807, 2.05) is 30.3 Å². The number of fused-ring (bicyclic) bond motifs is 1. The van der Waals surface area contributed by atoms with E-state index in [-0.39, 0.29) is 0 Å². The summed E-state index contributed by atoms with van der Waals surface area (Å²) in [5.41, 5.74) is -0.218. The van der Waals surface area contributed by atoms with Crippen LogP contribution in [0.4, 0.5) is 0 Å². The minimum absolute atomic E-state index is 0.313. The Labute approximate surface area is 166 Å². The normalized spacial score (nSPS) is 11.3. The van der Waals surface area contributed by atoms with Gasteiger partial charge in [-0.1, -0.05) is 22.0 Å². The predicted molar refractivity (Wildman–Crippen MR) is 107 cm³/mol. The summed E-state index contributed by atoms with van der Waals surface area (Å²) >= 11 is 3.45. The van der Waals surface area contributed by atoms with E-state index in [9.17, 15) is 4.79 Å². The summed E-state index contributed by atoms with van der Waals surface area (Å²) in [6.45, 7) is 5.42. The highest BCUT2D eigenvalue weighted by molar-refractivity contribution is 9.10. The van der Waals surface area contributed by atoms with E-state index < -0.39 is 11.6 Å². The lowest BCUT2D eigenvalue weighted by Gasteiger charge is -2.24. The first-order chi connectivity index (χ1) is 12.9. The summed E-state index contributed by atoms with van der Waals surface area (Å²) in [6, 6.07) is 16.7. The van der Waals surface area contributed by atoms with Gasteiger partial charge in [0.1, 0.15) is 11.5 Å². The number of ether oxygens (including phenoxy) is 3. The Bertz CT molecular complexity index is 954. The van der Waals surface area contributed by atoms with Crippen molar-refractivity contribution in [1.82, 2.24) is 4.98 Å². The predicted octanol–water partition coefficient (Wildman–Crippen LogP) is 5.51. The first kappa shape index (κ1) is 19.2. The Balaban J connectivity index is 1.71. The minimum atomic E-state index is -1.06. The molecule has 0 saturated carbocycles. The molecule has 0 aliphatic rings. The van der Waals surface area contributed by atoms with Crippen LogP contribution in [0.5, 0.6) is 17.4 Å². The van der Waals surface area contributed by atoms with Gasteiger partial charge in [0.2, 0.25) is 5.88 Å². The number of hydrogen-bond acceptors (Lipinski definition) is 5. The molecule has 0 atom stereocenters. The number of esters is 1. The minimum Gasteiger partial charge on any atom is -0.476 e. The second-order valence-corrected chi connectivity index (χ2v) is 7.31. The smallest absolute Gasteiger partial charge is 0.349 e. The topological polar surface area (TPSA) is 57.7 Å². The second kappa shape index (κ2) is 7.96. The molecule has 0 spiro atoms. The average Bonchev–Trinajstić information content (AvgIpc) is 2.63. The van der Waals surface area contributed by atoms with Crippen molar-refractivity contribution in [3.63, 3.8) is 0 Å². The van der Waals surface area contributed by atoms with Gasteiger partial charge in [-0.05, 0) is 63.2 Å². The Morgan fingerprint density at radius 2 is 1.70 bits per heavy atom. The van der Waals surface area contributed by atoms with Crippen LogP contribution in [0.15, 0.2) is 59.1 Å². The first-order valence-corrected chi connectivity index (χ1v) is 9.37. The van der Waals surface area contributed by atoms with Crippen molar-refractivity contribution in [2.75, 3.05) is 6.61 Å². The zero-order valence-electron chi connectivity index (χ0n) is 15.4. The van der Waals surface area contributed by atoms with Crippen LogP contribution in [0.1, 0.15) is 20.8 Å². The summed E-state index contributed by atoms with van der Waals surface area (Å²) in [5.74, 6) is 1.27. The summed E-state index contributed by atoms with van der Waals surface area (Å²) in [7, 11) is 0. The highest BCUT2D eigenvalue weighted by Crippen LogP contribution is 2.27. The summed E-state index contributed by atoms with van der Waals surface area (Å²) in [5, 5.41) is 1.04. The third-order valence-electron chi connectivity index (χ3n) is 3.81. The number of carbonyl (C=O) groups excluding carboxylic acids is 1.